The van der Waals surface area contributed by atoms with Crippen molar-refractivity contribution in [3.8, 4) is 0 Å². The van der Waals surface area contributed by atoms with Crippen LogP contribution in [0, 0.1) is 5.41 Å². The van der Waals surface area contributed by atoms with Gasteiger partial charge in [-0.15, -0.1) is 0 Å². The lowest BCUT2D eigenvalue weighted by atomic mass is 10.3. The van der Waals surface area contributed by atoms with Gasteiger partial charge in [-0.25, -0.2) is 13.1 Å². The van der Waals surface area contributed by atoms with Crippen LogP contribution in [-0.4, -0.2) is 26.6 Å². The van der Waals surface area contributed by atoms with Gasteiger partial charge in [0, 0.05) is 13.0 Å². The number of hydrogen-bond acceptors (Lipinski definition) is 3. The molecule has 13 heavy (non-hydrogen) atoms. The fourth-order valence-corrected chi connectivity index (χ4v) is 1.11. The van der Waals surface area contributed by atoms with Gasteiger partial charge in [0.05, 0.1) is 5.84 Å². The molecule has 0 aromatic heterocycles. The van der Waals surface area contributed by atoms with Crippen molar-refractivity contribution >= 4 is 15.9 Å². The van der Waals surface area contributed by atoms with E-state index in [-0.39, 0.29) is 25.2 Å². The molecule has 0 unspecified atom stereocenters. The molecule has 0 rings (SSSR count). The number of nitrogens with one attached hydrogen (secondary N) is 2. The summed E-state index contributed by atoms with van der Waals surface area (Å²) in [5, 5.41) is 6.77. The highest BCUT2D eigenvalue weighted by atomic mass is 32.2. The molecular formula is C5H11F2N3O2S. The molecule has 0 saturated carbocycles. The summed E-state index contributed by atoms with van der Waals surface area (Å²) in [6.07, 6.45) is 0.424. The Labute approximate surface area is 74.9 Å². The predicted molar refractivity (Wildman–Crippen MR) is 44.1 cm³/mol. The van der Waals surface area contributed by atoms with Crippen LogP contribution in [0.25, 0.3) is 0 Å². The number of sulfonamides is 1. The molecule has 4 N–H and O–H groups in total. The topological polar surface area (TPSA) is 96.0 Å². The Hall–Kier alpha value is -0.760. The highest BCUT2D eigenvalue weighted by molar-refractivity contribution is 7.89. The molecule has 0 fully saturated rings. The van der Waals surface area contributed by atoms with Crippen molar-refractivity contribution < 1.29 is 17.2 Å². The summed E-state index contributed by atoms with van der Waals surface area (Å²) < 4.78 is 45.9. The third-order valence-electron chi connectivity index (χ3n) is 1.16. The summed E-state index contributed by atoms with van der Waals surface area (Å²) in [5.41, 5.74) is 4.96. The molecule has 0 bridgehead atoms. The molecule has 0 heterocycles. The summed E-state index contributed by atoms with van der Waals surface area (Å²) in [5.74, 6) is -3.51. The van der Waals surface area contributed by atoms with Gasteiger partial charge in [0.15, 0.2) is 0 Å². The van der Waals surface area contributed by atoms with Gasteiger partial charge in [0.1, 0.15) is 0 Å². The Kier molecular flexibility index (Phi) is 4.78. The first-order valence-electron chi connectivity index (χ1n) is 3.46. The minimum Gasteiger partial charge on any atom is -0.388 e. The van der Waals surface area contributed by atoms with Crippen molar-refractivity contribution in [1.29, 1.82) is 5.41 Å². The van der Waals surface area contributed by atoms with E-state index in [1.54, 1.807) is 4.72 Å². The SMILES string of the molecule is N=C(N)CCCNS(=O)(=O)C(F)F. The molecule has 0 amide bonds. The molecule has 0 aliphatic carbocycles. The second-order valence-electron chi connectivity index (χ2n) is 2.33. The third-order valence-corrected chi connectivity index (χ3v) is 2.24. The first-order chi connectivity index (χ1) is 5.86. The van der Waals surface area contributed by atoms with Crippen molar-refractivity contribution in [3.63, 3.8) is 0 Å². The number of rotatable bonds is 6. The fourth-order valence-electron chi connectivity index (χ4n) is 0.556. The van der Waals surface area contributed by atoms with E-state index in [0.717, 1.165) is 0 Å². The van der Waals surface area contributed by atoms with Crippen LogP contribution in [0.3, 0.4) is 0 Å². The second kappa shape index (κ2) is 5.07. The number of nitrogens with two attached hydrogens (primary N) is 1. The van der Waals surface area contributed by atoms with Crippen molar-refractivity contribution in [3.05, 3.63) is 0 Å². The molecule has 0 spiro atoms. The molecule has 8 heteroatoms. The van der Waals surface area contributed by atoms with Crippen LogP contribution in [0.2, 0.25) is 0 Å². The number of halogens is 2. The quantitative estimate of drug-likeness (QED) is 0.326. The maximum atomic E-state index is 11.7. The maximum absolute atomic E-state index is 11.7. The van der Waals surface area contributed by atoms with Gasteiger partial charge in [-0.05, 0) is 6.42 Å². The van der Waals surface area contributed by atoms with Crippen LogP contribution >= 0.6 is 0 Å². The van der Waals surface area contributed by atoms with E-state index in [4.69, 9.17) is 11.1 Å². The van der Waals surface area contributed by atoms with Crippen LogP contribution in [0.15, 0.2) is 0 Å². The lowest BCUT2D eigenvalue weighted by Crippen LogP contribution is -2.30. The summed E-state index contributed by atoms with van der Waals surface area (Å²) in [4.78, 5) is 0. The summed E-state index contributed by atoms with van der Waals surface area (Å²) in [6, 6.07) is 0. The molecule has 0 aliphatic heterocycles. The fraction of sp³-hybridized carbons (Fsp3) is 0.800. The third kappa shape index (κ3) is 5.47. The monoisotopic (exact) mass is 215 g/mol. The first-order valence-corrected chi connectivity index (χ1v) is 5.00. The molecule has 78 valence electrons. The van der Waals surface area contributed by atoms with Crippen LogP contribution in [0.1, 0.15) is 12.8 Å². The molecule has 5 nitrogen and oxygen atoms in total. The zero-order chi connectivity index (χ0) is 10.5. The normalized spacial score (nSPS) is 11.9. The summed E-state index contributed by atoms with van der Waals surface area (Å²) >= 11 is 0. The van der Waals surface area contributed by atoms with Gasteiger partial charge in [-0.3, -0.25) is 5.41 Å². The zero-order valence-corrected chi connectivity index (χ0v) is 7.57. The minimum absolute atomic E-state index is 0.101. The Bertz CT molecular complexity index is 265. The Balaban J connectivity index is 3.72. The molecule has 0 saturated heterocycles. The van der Waals surface area contributed by atoms with Gasteiger partial charge < -0.3 is 5.73 Å². The molecule has 0 aromatic carbocycles. The van der Waals surface area contributed by atoms with Crippen LogP contribution in [0.4, 0.5) is 8.78 Å². The lowest BCUT2D eigenvalue weighted by molar-refractivity contribution is 0.232. The van der Waals surface area contributed by atoms with E-state index in [0.29, 0.717) is 0 Å². The molecule has 0 radical (unpaired) electrons. The number of hydrogen-bond donors (Lipinski definition) is 3. The van der Waals surface area contributed by atoms with E-state index in [9.17, 15) is 17.2 Å². The van der Waals surface area contributed by atoms with Gasteiger partial charge in [0.2, 0.25) is 0 Å². The summed E-state index contributed by atoms with van der Waals surface area (Å²) in [6.45, 7) is -0.133. The van der Waals surface area contributed by atoms with Gasteiger partial charge in [-0.2, -0.15) is 8.78 Å². The lowest BCUT2D eigenvalue weighted by Gasteiger charge is -2.04. The highest BCUT2D eigenvalue weighted by Gasteiger charge is 2.22. The second-order valence-corrected chi connectivity index (χ2v) is 4.06. The van der Waals surface area contributed by atoms with Gasteiger partial charge in [0.25, 0.3) is 10.0 Å². The standard InChI is InChI=1S/C5H11F2N3O2S/c6-5(7)13(11,12)10-3-1-2-4(8)9/h5,10H,1-3H2,(H3,8,9). The van der Waals surface area contributed by atoms with Crippen molar-refractivity contribution in [1.82, 2.24) is 4.72 Å². The van der Waals surface area contributed by atoms with E-state index in [2.05, 4.69) is 0 Å². The average Bonchev–Trinajstić information content (AvgIpc) is 1.97. The highest BCUT2D eigenvalue weighted by Crippen LogP contribution is 2.01. The van der Waals surface area contributed by atoms with E-state index in [1.165, 1.54) is 0 Å². The van der Waals surface area contributed by atoms with Crippen molar-refractivity contribution in [2.75, 3.05) is 6.54 Å². The Morgan fingerprint density at radius 3 is 2.46 bits per heavy atom. The number of alkyl halides is 2. The average molecular weight is 215 g/mol. The Morgan fingerprint density at radius 1 is 1.54 bits per heavy atom. The largest absolute Gasteiger partial charge is 0.388 e. The minimum atomic E-state index is -4.49. The van der Waals surface area contributed by atoms with Gasteiger partial charge in [-0.1, -0.05) is 0 Å². The van der Waals surface area contributed by atoms with Crippen molar-refractivity contribution in [2.45, 2.75) is 18.6 Å². The van der Waals surface area contributed by atoms with Crippen LogP contribution in [-0.2, 0) is 10.0 Å². The maximum Gasteiger partial charge on any atom is 0.350 e. The van der Waals surface area contributed by atoms with E-state index in [1.807, 2.05) is 0 Å². The van der Waals surface area contributed by atoms with E-state index < -0.39 is 15.8 Å². The van der Waals surface area contributed by atoms with Gasteiger partial charge >= 0.3 is 5.76 Å². The summed E-state index contributed by atoms with van der Waals surface area (Å²) in [7, 11) is -4.49. The molecular weight excluding hydrogens is 204 g/mol. The number of amidine groups is 1. The molecule has 0 aromatic rings. The first kappa shape index (κ1) is 12.2. The van der Waals surface area contributed by atoms with E-state index >= 15 is 0 Å². The van der Waals surface area contributed by atoms with Crippen LogP contribution in [0.5, 0.6) is 0 Å². The predicted octanol–water partition coefficient (Wildman–Crippen LogP) is -0.155. The smallest absolute Gasteiger partial charge is 0.350 e. The zero-order valence-electron chi connectivity index (χ0n) is 6.76. The van der Waals surface area contributed by atoms with Crippen LogP contribution < -0.4 is 10.5 Å². The molecule has 0 aliphatic rings. The Morgan fingerprint density at radius 2 is 2.08 bits per heavy atom. The molecule has 0 atom stereocenters. The van der Waals surface area contributed by atoms with Crippen molar-refractivity contribution in [2.24, 2.45) is 5.73 Å².